The minimum atomic E-state index is -0.413. The largest absolute Gasteiger partial charge is 0.462 e. The van der Waals surface area contributed by atoms with Crippen molar-refractivity contribution in [2.45, 2.75) is 27.7 Å². The van der Waals surface area contributed by atoms with Crippen LogP contribution in [0.3, 0.4) is 0 Å². The van der Waals surface area contributed by atoms with Gasteiger partial charge >= 0.3 is 5.97 Å². The minimum Gasteiger partial charge on any atom is -0.462 e. The molecule has 4 rings (SSSR count). The normalized spacial score (nSPS) is 11.0. The number of nitrogens with one attached hydrogen (secondary N) is 1. The first kappa shape index (κ1) is 22.1. The van der Waals surface area contributed by atoms with E-state index in [1.807, 2.05) is 14.0 Å². The van der Waals surface area contributed by atoms with Gasteiger partial charge in [-0.1, -0.05) is 0 Å². The van der Waals surface area contributed by atoms with Gasteiger partial charge in [-0.2, -0.15) is 10.2 Å². The molecule has 0 aliphatic heterocycles. The van der Waals surface area contributed by atoms with Crippen LogP contribution < -0.4 is 5.32 Å². The topological polar surface area (TPSA) is 99.8 Å². The number of halogens is 1. The third kappa shape index (κ3) is 4.19. The van der Waals surface area contributed by atoms with Gasteiger partial charge in [-0.15, -0.1) is 0 Å². The molecule has 10 heteroatoms. The first-order valence-electron chi connectivity index (χ1n) is 10.4. The molecule has 0 radical (unpaired) electrons. The van der Waals surface area contributed by atoms with Crippen LogP contribution >= 0.6 is 0 Å². The van der Waals surface area contributed by atoms with E-state index >= 15 is 0 Å². The van der Waals surface area contributed by atoms with E-state index in [1.165, 1.54) is 18.5 Å². The van der Waals surface area contributed by atoms with Crippen molar-refractivity contribution in [3.05, 3.63) is 65.0 Å². The van der Waals surface area contributed by atoms with Crippen molar-refractivity contribution in [3.8, 4) is 17.1 Å². The highest BCUT2D eigenvalue weighted by atomic mass is 19.1. The van der Waals surface area contributed by atoms with Crippen molar-refractivity contribution in [3.63, 3.8) is 0 Å². The Hall–Kier alpha value is -4.08. The summed E-state index contributed by atoms with van der Waals surface area (Å²) in [7, 11) is 1.83. The van der Waals surface area contributed by atoms with E-state index in [9.17, 15) is 9.18 Å². The van der Waals surface area contributed by atoms with Crippen molar-refractivity contribution in [1.82, 2.24) is 29.5 Å². The Bertz CT molecular complexity index is 1330. The number of hydrogen-bond acceptors (Lipinski definition) is 7. The zero-order valence-corrected chi connectivity index (χ0v) is 19.0. The van der Waals surface area contributed by atoms with Crippen LogP contribution in [0.2, 0.25) is 0 Å². The molecule has 0 fully saturated rings. The van der Waals surface area contributed by atoms with Crippen molar-refractivity contribution < 1.29 is 13.9 Å². The van der Waals surface area contributed by atoms with Crippen molar-refractivity contribution >= 4 is 17.6 Å². The van der Waals surface area contributed by atoms with Crippen molar-refractivity contribution in [2.24, 2.45) is 7.05 Å². The molecule has 33 heavy (non-hydrogen) atoms. The summed E-state index contributed by atoms with van der Waals surface area (Å²) in [6.07, 6.45) is 1.41. The quantitative estimate of drug-likeness (QED) is 0.443. The monoisotopic (exact) mass is 449 g/mol. The summed E-state index contributed by atoms with van der Waals surface area (Å²) in [5.74, 6) is 0.916. The van der Waals surface area contributed by atoms with Gasteiger partial charge in [0.25, 0.3) is 0 Å². The van der Waals surface area contributed by atoms with E-state index in [1.54, 1.807) is 48.3 Å². The average molecular weight is 449 g/mol. The molecule has 170 valence electrons. The van der Waals surface area contributed by atoms with E-state index in [4.69, 9.17) is 4.74 Å². The molecular formula is C23H24FN7O2. The fraction of sp³-hybridized carbons (Fsp3) is 0.261. The molecule has 0 saturated carbocycles. The Balaban J connectivity index is 1.66. The SMILES string of the molecule is CCOC(=O)c1c(C)nn(-c2cc(Nc3nn(C)c(-c4ccc(F)cc4)c3C)ncn2)c1C. The number of esters is 1. The molecule has 0 bridgehead atoms. The number of aryl methyl sites for hydroxylation is 2. The Kier molecular flexibility index (Phi) is 5.91. The lowest BCUT2D eigenvalue weighted by Crippen LogP contribution is -2.08. The second kappa shape index (κ2) is 8.81. The summed E-state index contributed by atoms with van der Waals surface area (Å²) in [5, 5.41) is 12.2. The number of anilines is 2. The number of rotatable bonds is 6. The average Bonchev–Trinajstić information content (AvgIpc) is 3.23. The minimum absolute atomic E-state index is 0.286. The standard InChI is InChI=1S/C23H24FN7O2/c1-6-33-23(32)20-14(3)28-31(15(20)4)19-11-18(25-12-26-19)27-22-13(2)21(30(5)29-22)16-7-9-17(24)10-8-16/h7-12H,6H2,1-5H3,(H,25,26,27,29). The van der Waals surface area contributed by atoms with Crippen LogP contribution in [0.1, 0.15) is 34.2 Å². The molecule has 9 nitrogen and oxygen atoms in total. The number of benzene rings is 1. The molecule has 0 aliphatic carbocycles. The molecule has 4 aromatic rings. The maximum Gasteiger partial charge on any atom is 0.341 e. The number of aromatic nitrogens is 6. The summed E-state index contributed by atoms with van der Waals surface area (Å²) in [6.45, 7) is 7.52. The molecule has 3 heterocycles. The van der Waals surface area contributed by atoms with E-state index < -0.39 is 5.97 Å². The highest BCUT2D eigenvalue weighted by Crippen LogP contribution is 2.30. The van der Waals surface area contributed by atoms with Gasteiger partial charge in [0.15, 0.2) is 11.6 Å². The molecule has 0 atom stereocenters. The summed E-state index contributed by atoms with van der Waals surface area (Å²) in [5.41, 5.74) is 4.22. The molecule has 0 aliphatic rings. The molecule has 3 aromatic heterocycles. The number of nitrogens with zero attached hydrogens (tertiary/aromatic N) is 6. The lowest BCUT2D eigenvalue weighted by atomic mass is 10.1. The maximum absolute atomic E-state index is 13.3. The zero-order chi connectivity index (χ0) is 23.7. The van der Waals surface area contributed by atoms with Crippen LogP contribution in [0, 0.1) is 26.6 Å². The van der Waals surface area contributed by atoms with Crippen LogP contribution in [-0.4, -0.2) is 42.1 Å². The van der Waals surface area contributed by atoms with Crippen LogP contribution in [0.15, 0.2) is 36.7 Å². The van der Waals surface area contributed by atoms with Gasteiger partial charge in [-0.3, -0.25) is 4.68 Å². The van der Waals surface area contributed by atoms with Gasteiger partial charge < -0.3 is 10.1 Å². The van der Waals surface area contributed by atoms with Gasteiger partial charge in [0, 0.05) is 24.2 Å². The van der Waals surface area contributed by atoms with Gasteiger partial charge in [-0.05, 0) is 52.0 Å². The predicted octanol–water partition coefficient (Wildman–Crippen LogP) is 4.05. The number of hydrogen-bond donors (Lipinski definition) is 1. The first-order chi connectivity index (χ1) is 15.8. The first-order valence-corrected chi connectivity index (χ1v) is 10.4. The molecule has 0 unspecified atom stereocenters. The number of ether oxygens (including phenoxy) is 1. The Labute approximate surface area is 190 Å². The number of carbonyl (C=O) groups excluding carboxylic acids is 1. The highest BCUT2D eigenvalue weighted by Gasteiger charge is 2.21. The second-order valence-electron chi connectivity index (χ2n) is 7.52. The lowest BCUT2D eigenvalue weighted by molar-refractivity contribution is 0.0524. The van der Waals surface area contributed by atoms with E-state index in [2.05, 4.69) is 25.5 Å². The fourth-order valence-electron chi connectivity index (χ4n) is 3.78. The van der Waals surface area contributed by atoms with Crippen molar-refractivity contribution in [1.29, 1.82) is 0 Å². The van der Waals surface area contributed by atoms with Crippen LogP contribution in [0.25, 0.3) is 17.1 Å². The van der Waals surface area contributed by atoms with Gasteiger partial charge in [0.2, 0.25) is 0 Å². The molecule has 1 N–H and O–H groups in total. The third-order valence-corrected chi connectivity index (χ3v) is 5.29. The summed E-state index contributed by atoms with van der Waals surface area (Å²) >= 11 is 0. The third-order valence-electron chi connectivity index (χ3n) is 5.29. The van der Waals surface area contributed by atoms with Crippen molar-refractivity contribution in [2.75, 3.05) is 11.9 Å². The molecule has 0 saturated heterocycles. The van der Waals surface area contributed by atoms with Crippen LogP contribution in [0.5, 0.6) is 0 Å². The summed E-state index contributed by atoms with van der Waals surface area (Å²) in [6, 6.07) is 8.00. The highest BCUT2D eigenvalue weighted by molar-refractivity contribution is 5.92. The Morgan fingerprint density at radius 3 is 2.55 bits per heavy atom. The van der Waals surface area contributed by atoms with E-state index in [-0.39, 0.29) is 12.4 Å². The van der Waals surface area contributed by atoms with Crippen LogP contribution in [-0.2, 0) is 11.8 Å². The molecule has 1 aromatic carbocycles. The van der Waals surface area contributed by atoms with Gasteiger partial charge in [-0.25, -0.2) is 23.8 Å². The van der Waals surface area contributed by atoms with E-state index in [0.29, 0.717) is 34.4 Å². The van der Waals surface area contributed by atoms with Gasteiger partial charge in [0.1, 0.15) is 23.5 Å². The zero-order valence-electron chi connectivity index (χ0n) is 19.0. The Morgan fingerprint density at radius 2 is 1.85 bits per heavy atom. The van der Waals surface area contributed by atoms with E-state index in [0.717, 1.165) is 16.8 Å². The Morgan fingerprint density at radius 1 is 1.12 bits per heavy atom. The summed E-state index contributed by atoms with van der Waals surface area (Å²) in [4.78, 5) is 20.9. The smallest absolute Gasteiger partial charge is 0.341 e. The molecule has 0 amide bonds. The molecule has 0 spiro atoms. The van der Waals surface area contributed by atoms with Gasteiger partial charge in [0.05, 0.1) is 23.7 Å². The second-order valence-corrected chi connectivity index (χ2v) is 7.52. The lowest BCUT2D eigenvalue weighted by Gasteiger charge is -2.08. The van der Waals surface area contributed by atoms with Crippen LogP contribution in [0.4, 0.5) is 16.0 Å². The fourth-order valence-corrected chi connectivity index (χ4v) is 3.78. The molecular weight excluding hydrogens is 425 g/mol. The maximum atomic E-state index is 13.3. The predicted molar refractivity (Wildman–Crippen MR) is 121 cm³/mol. The summed E-state index contributed by atoms with van der Waals surface area (Å²) < 4.78 is 21.8. The number of carbonyl (C=O) groups is 1.